The molecule has 7 nitrogen and oxygen atoms in total. The van der Waals surface area contributed by atoms with Crippen molar-refractivity contribution in [3.63, 3.8) is 0 Å². The van der Waals surface area contributed by atoms with Gasteiger partial charge in [0.05, 0.1) is 11.2 Å². The number of rotatable bonds is 3. The fourth-order valence-corrected chi connectivity index (χ4v) is 3.47. The first-order valence-electron chi connectivity index (χ1n) is 10.1. The second-order valence-electron chi connectivity index (χ2n) is 8.77. The minimum atomic E-state index is -0.192. The van der Waals surface area contributed by atoms with E-state index in [0.717, 1.165) is 39.0 Å². The normalized spacial score (nSPS) is 11.6. The van der Waals surface area contributed by atoms with E-state index in [1.54, 1.807) is 17.9 Å². The number of nitrogen functional groups attached to an aromatic ring is 1. The van der Waals surface area contributed by atoms with Gasteiger partial charge in [0.15, 0.2) is 0 Å². The van der Waals surface area contributed by atoms with Crippen LogP contribution in [0, 0.1) is 6.92 Å². The summed E-state index contributed by atoms with van der Waals surface area (Å²) in [4.78, 5) is 21.3. The quantitative estimate of drug-likeness (QED) is 0.515. The number of carbonyl (C=O) groups is 1. The standard InChI is InChI=1S/C24H26N6O/c1-14-6-8-17(27-22(31)20-12-21(24(2,3)4)29-30(20)5)11-18(14)15-7-9-19-16(10-15)13-26-23(25)28-19/h6-13H,1-5H3,(H,27,31)(H2,25,26,28). The minimum Gasteiger partial charge on any atom is -0.368 e. The van der Waals surface area contributed by atoms with Gasteiger partial charge in [0, 0.05) is 29.7 Å². The largest absolute Gasteiger partial charge is 0.368 e. The maximum Gasteiger partial charge on any atom is 0.273 e. The second kappa shape index (κ2) is 7.50. The molecule has 0 spiro atoms. The first-order valence-corrected chi connectivity index (χ1v) is 10.1. The first kappa shape index (κ1) is 20.5. The topological polar surface area (TPSA) is 98.7 Å². The molecule has 7 heteroatoms. The summed E-state index contributed by atoms with van der Waals surface area (Å²) in [5.41, 5.74) is 11.6. The molecule has 158 valence electrons. The van der Waals surface area contributed by atoms with Crippen LogP contribution in [0.3, 0.4) is 0 Å². The SMILES string of the molecule is Cc1ccc(NC(=O)c2cc(C(C)(C)C)nn2C)cc1-c1ccc2nc(N)ncc2c1. The lowest BCUT2D eigenvalue weighted by Crippen LogP contribution is -2.16. The summed E-state index contributed by atoms with van der Waals surface area (Å²) in [6.07, 6.45) is 1.72. The van der Waals surface area contributed by atoms with Gasteiger partial charge in [-0.2, -0.15) is 5.10 Å². The van der Waals surface area contributed by atoms with Crippen molar-refractivity contribution in [2.75, 3.05) is 11.1 Å². The van der Waals surface area contributed by atoms with Gasteiger partial charge in [0.2, 0.25) is 5.95 Å². The van der Waals surface area contributed by atoms with Gasteiger partial charge in [-0.1, -0.05) is 32.9 Å². The Kier molecular flexibility index (Phi) is 4.97. The molecule has 2 aromatic carbocycles. The predicted octanol–water partition coefficient (Wildman–Crippen LogP) is 4.47. The number of aryl methyl sites for hydroxylation is 2. The first-order chi connectivity index (χ1) is 14.6. The number of nitrogens with two attached hydrogens (primary N) is 1. The Morgan fingerprint density at radius 3 is 2.58 bits per heavy atom. The lowest BCUT2D eigenvalue weighted by Gasteiger charge is -2.13. The number of hydrogen-bond donors (Lipinski definition) is 2. The summed E-state index contributed by atoms with van der Waals surface area (Å²) in [5, 5.41) is 8.41. The van der Waals surface area contributed by atoms with Gasteiger partial charge in [-0.15, -0.1) is 0 Å². The number of nitrogens with one attached hydrogen (secondary N) is 1. The van der Waals surface area contributed by atoms with Crippen molar-refractivity contribution in [3.8, 4) is 11.1 Å². The molecule has 2 heterocycles. The van der Waals surface area contributed by atoms with E-state index in [1.807, 2.05) is 49.4 Å². The van der Waals surface area contributed by atoms with Gasteiger partial charge in [-0.3, -0.25) is 9.48 Å². The molecule has 4 aromatic rings. The van der Waals surface area contributed by atoms with Gasteiger partial charge in [0.25, 0.3) is 5.91 Å². The molecule has 31 heavy (non-hydrogen) atoms. The van der Waals surface area contributed by atoms with Crippen LogP contribution in [0.5, 0.6) is 0 Å². The van der Waals surface area contributed by atoms with Crippen LogP contribution >= 0.6 is 0 Å². The highest BCUT2D eigenvalue weighted by molar-refractivity contribution is 6.03. The predicted molar refractivity (Wildman–Crippen MR) is 124 cm³/mol. The highest BCUT2D eigenvalue weighted by atomic mass is 16.2. The number of fused-ring (bicyclic) bond motifs is 1. The number of carbonyl (C=O) groups excluding carboxylic acids is 1. The van der Waals surface area contributed by atoms with E-state index in [0.29, 0.717) is 5.69 Å². The molecule has 3 N–H and O–H groups in total. The Hall–Kier alpha value is -3.74. The van der Waals surface area contributed by atoms with Crippen LogP contribution in [-0.4, -0.2) is 25.7 Å². The van der Waals surface area contributed by atoms with Crippen molar-refractivity contribution in [1.82, 2.24) is 19.7 Å². The van der Waals surface area contributed by atoms with Crippen molar-refractivity contribution < 1.29 is 4.79 Å². The lowest BCUT2D eigenvalue weighted by molar-refractivity contribution is 0.101. The monoisotopic (exact) mass is 414 g/mol. The Balaban J connectivity index is 1.65. The van der Waals surface area contributed by atoms with Crippen molar-refractivity contribution in [2.24, 2.45) is 7.05 Å². The molecular weight excluding hydrogens is 388 g/mol. The summed E-state index contributed by atoms with van der Waals surface area (Å²) < 4.78 is 1.63. The molecule has 2 aromatic heterocycles. The van der Waals surface area contributed by atoms with Crippen molar-refractivity contribution in [3.05, 3.63) is 65.6 Å². The summed E-state index contributed by atoms with van der Waals surface area (Å²) >= 11 is 0. The Morgan fingerprint density at radius 1 is 1.10 bits per heavy atom. The summed E-state index contributed by atoms with van der Waals surface area (Å²) in [6.45, 7) is 8.27. The van der Waals surface area contributed by atoms with E-state index in [-0.39, 0.29) is 17.3 Å². The second-order valence-corrected chi connectivity index (χ2v) is 8.77. The molecule has 0 aliphatic carbocycles. The summed E-state index contributed by atoms with van der Waals surface area (Å²) in [6, 6.07) is 13.7. The maximum absolute atomic E-state index is 12.9. The van der Waals surface area contributed by atoms with Gasteiger partial charge in [-0.25, -0.2) is 9.97 Å². The van der Waals surface area contributed by atoms with E-state index >= 15 is 0 Å². The third-order valence-electron chi connectivity index (χ3n) is 5.29. The van der Waals surface area contributed by atoms with Crippen LogP contribution in [0.15, 0.2) is 48.7 Å². The van der Waals surface area contributed by atoms with Crippen LogP contribution in [-0.2, 0) is 12.5 Å². The van der Waals surface area contributed by atoms with Crippen molar-refractivity contribution >= 4 is 28.4 Å². The zero-order chi connectivity index (χ0) is 22.3. The summed E-state index contributed by atoms with van der Waals surface area (Å²) in [5.74, 6) is 0.0635. The van der Waals surface area contributed by atoms with E-state index in [4.69, 9.17) is 5.73 Å². The number of amides is 1. The molecule has 0 fully saturated rings. The third-order valence-corrected chi connectivity index (χ3v) is 5.29. The van der Waals surface area contributed by atoms with Crippen LogP contribution in [0.25, 0.3) is 22.0 Å². The average molecular weight is 415 g/mol. The van der Waals surface area contributed by atoms with Crippen LogP contribution < -0.4 is 11.1 Å². The van der Waals surface area contributed by atoms with Gasteiger partial charge in [0.1, 0.15) is 5.69 Å². The highest BCUT2D eigenvalue weighted by Gasteiger charge is 2.22. The number of hydrogen-bond acceptors (Lipinski definition) is 5. The van der Waals surface area contributed by atoms with Crippen LogP contribution in [0.2, 0.25) is 0 Å². The fourth-order valence-electron chi connectivity index (χ4n) is 3.47. The molecule has 1 amide bonds. The molecule has 0 saturated heterocycles. The molecule has 0 unspecified atom stereocenters. The molecule has 0 radical (unpaired) electrons. The number of aromatic nitrogens is 4. The maximum atomic E-state index is 12.9. The number of anilines is 2. The molecule has 0 aliphatic rings. The molecular formula is C24H26N6O. The smallest absolute Gasteiger partial charge is 0.273 e. The molecule has 0 saturated carbocycles. The van der Waals surface area contributed by atoms with Gasteiger partial charge >= 0.3 is 0 Å². The molecule has 4 rings (SSSR count). The average Bonchev–Trinajstić information content (AvgIpc) is 3.11. The van der Waals surface area contributed by atoms with E-state index < -0.39 is 0 Å². The zero-order valence-corrected chi connectivity index (χ0v) is 18.4. The number of benzene rings is 2. The van der Waals surface area contributed by atoms with E-state index in [2.05, 4.69) is 41.2 Å². The van der Waals surface area contributed by atoms with Gasteiger partial charge in [-0.05, 0) is 53.9 Å². The number of nitrogens with zero attached hydrogens (tertiary/aromatic N) is 4. The van der Waals surface area contributed by atoms with Crippen LogP contribution in [0.4, 0.5) is 11.6 Å². The Morgan fingerprint density at radius 2 is 1.87 bits per heavy atom. The van der Waals surface area contributed by atoms with E-state index in [1.165, 1.54) is 0 Å². The molecule has 0 aliphatic heterocycles. The fraction of sp³-hybridized carbons (Fsp3) is 0.250. The van der Waals surface area contributed by atoms with Gasteiger partial charge < -0.3 is 11.1 Å². The Labute approximate surface area is 181 Å². The minimum absolute atomic E-state index is 0.127. The van der Waals surface area contributed by atoms with E-state index in [9.17, 15) is 4.79 Å². The summed E-state index contributed by atoms with van der Waals surface area (Å²) in [7, 11) is 1.79. The Bertz CT molecular complexity index is 1300. The highest BCUT2D eigenvalue weighted by Crippen LogP contribution is 2.29. The molecule has 0 bridgehead atoms. The van der Waals surface area contributed by atoms with Crippen molar-refractivity contribution in [1.29, 1.82) is 0 Å². The third kappa shape index (κ3) is 4.12. The van der Waals surface area contributed by atoms with Crippen molar-refractivity contribution in [2.45, 2.75) is 33.1 Å². The molecule has 0 atom stereocenters. The lowest BCUT2D eigenvalue weighted by atomic mass is 9.92. The van der Waals surface area contributed by atoms with Crippen LogP contribution in [0.1, 0.15) is 42.5 Å². The zero-order valence-electron chi connectivity index (χ0n) is 18.4.